The van der Waals surface area contributed by atoms with Gasteiger partial charge in [-0.2, -0.15) is 0 Å². The van der Waals surface area contributed by atoms with Crippen molar-refractivity contribution in [2.75, 3.05) is 6.61 Å². The van der Waals surface area contributed by atoms with E-state index in [1.165, 1.54) is 6.07 Å². The molecule has 0 heterocycles. The van der Waals surface area contributed by atoms with Crippen LogP contribution < -0.4 is 4.74 Å². The number of halogens is 2. The molecule has 0 amide bonds. The van der Waals surface area contributed by atoms with Crippen molar-refractivity contribution in [3.8, 4) is 5.75 Å². The van der Waals surface area contributed by atoms with Crippen LogP contribution in [-0.4, -0.2) is 15.0 Å². The van der Waals surface area contributed by atoms with E-state index >= 15 is 0 Å². The molecule has 3 nitrogen and oxygen atoms in total. The van der Waals surface area contributed by atoms with Gasteiger partial charge in [0, 0.05) is 4.47 Å². The molecule has 0 N–H and O–H groups in total. The van der Waals surface area contributed by atoms with E-state index in [4.69, 9.17) is 4.74 Å². The molecule has 0 aliphatic carbocycles. The number of benzene rings is 1. The van der Waals surface area contributed by atoms with Gasteiger partial charge < -0.3 is 4.74 Å². The van der Waals surface area contributed by atoms with Crippen LogP contribution in [0, 0.1) is 0 Å². The summed E-state index contributed by atoms with van der Waals surface area (Å²) in [7, 11) is -3.42. The van der Waals surface area contributed by atoms with Gasteiger partial charge in [0.1, 0.15) is 10.6 Å². The van der Waals surface area contributed by atoms with E-state index in [0.29, 0.717) is 16.8 Å². The summed E-state index contributed by atoms with van der Waals surface area (Å²) in [5, 5.41) is 0. The minimum atomic E-state index is -3.42. The van der Waals surface area contributed by atoms with Gasteiger partial charge in [-0.3, -0.25) is 0 Å². The average molecular weight is 344 g/mol. The highest BCUT2D eigenvalue weighted by molar-refractivity contribution is 9.47. The molecule has 0 aromatic heterocycles. The molecule has 0 radical (unpaired) electrons. The first kappa shape index (κ1) is 12.0. The molecule has 0 aliphatic rings. The number of rotatable bonds is 3. The highest BCUT2D eigenvalue weighted by atomic mass is 79.9. The lowest BCUT2D eigenvalue weighted by Crippen LogP contribution is -1.98. The molecule has 0 saturated carbocycles. The molecule has 0 unspecified atom stereocenters. The van der Waals surface area contributed by atoms with E-state index in [0.717, 1.165) is 0 Å². The minimum Gasteiger partial charge on any atom is -0.492 e. The smallest absolute Gasteiger partial charge is 0.241 e. The number of hydrogen-bond donors (Lipinski definition) is 0. The zero-order valence-corrected chi connectivity index (χ0v) is 11.3. The van der Waals surface area contributed by atoms with Crippen LogP contribution in [0.25, 0.3) is 0 Å². The molecule has 6 heteroatoms. The summed E-state index contributed by atoms with van der Waals surface area (Å²) in [4.78, 5) is 0.133. The number of hydrogen-bond acceptors (Lipinski definition) is 3. The van der Waals surface area contributed by atoms with Crippen LogP contribution in [0.1, 0.15) is 6.92 Å². The fraction of sp³-hybridized carbons (Fsp3) is 0.250. The lowest BCUT2D eigenvalue weighted by atomic mass is 10.3. The molecule has 14 heavy (non-hydrogen) atoms. The third-order valence-electron chi connectivity index (χ3n) is 1.47. The fourth-order valence-electron chi connectivity index (χ4n) is 0.947. The first-order valence-corrected chi connectivity index (χ1v) is 7.94. The molecular formula is C8H8Br2O3S. The van der Waals surface area contributed by atoms with Crippen molar-refractivity contribution in [3.63, 3.8) is 0 Å². The summed E-state index contributed by atoms with van der Waals surface area (Å²) in [5.41, 5.74) is 0. The van der Waals surface area contributed by atoms with Crippen molar-refractivity contribution < 1.29 is 13.2 Å². The maximum absolute atomic E-state index is 11.3. The van der Waals surface area contributed by atoms with Crippen molar-refractivity contribution >= 4 is 39.0 Å². The van der Waals surface area contributed by atoms with Gasteiger partial charge in [-0.05, 0) is 25.1 Å². The Morgan fingerprint density at radius 1 is 1.43 bits per heavy atom. The first-order valence-electron chi connectivity index (χ1n) is 3.82. The van der Waals surface area contributed by atoms with Gasteiger partial charge in [-0.1, -0.05) is 15.9 Å². The average Bonchev–Trinajstić information content (AvgIpc) is 2.07. The molecule has 1 aromatic carbocycles. The topological polar surface area (TPSA) is 43.4 Å². The Bertz CT molecular complexity index is 428. The van der Waals surface area contributed by atoms with Crippen molar-refractivity contribution in [1.29, 1.82) is 0 Å². The van der Waals surface area contributed by atoms with Gasteiger partial charge in [0.25, 0.3) is 0 Å². The molecule has 1 aromatic rings. The molecule has 0 aliphatic heterocycles. The zero-order chi connectivity index (χ0) is 10.8. The molecule has 0 spiro atoms. The van der Waals surface area contributed by atoms with E-state index in [9.17, 15) is 8.42 Å². The summed E-state index contributed by atoms with van der Waals surface area (Å²) >= 11 is 5.81. The summed E-state index contributed by atoms with van der Waals surface area (Å²) in [6.07, 6.45) is 0. The van der Waals surface area contributed by atoms with E-state index in [-0.39, 0.29) is 4.90 Å². The molecular weight excluding hydrogens is 336 g/mol. The Labute approximate surface area is 98.7 Å². The quantitative estimate of drug-likeness (QED) is 0.792. The Balaban J connectivity index is 3.30. The lowest BCUT2D eigenvalue weighted by molar-refractivity contribution is 0.331. The standard InChI is InChI=1S/C8H8Br2O3S/c1-2-13-7-4-3-6(9)5-8(7)14(10,11)12/h3-5H,2H2,1H3. The maximum Gasteiger partial charge on any atom is 0.241 e. The molecule has 0 bridgehead atoms. The van der Waals surface area contributed by atoms with E-state index in [2.05, 4.69) is 30.7 Å². The van der Waals surface area contributed by atoms with Gasteiger partial charge in [0.05, 0.1) is 21.4 Å². The van der Waals surface area contributed by atoms with Crippen molar-refractivity contribution in [1.82, 2.24) is 0 Å². The van der Waals surface area contributed by atoms with E-state index < -0.39 is 8.27 Å². The molecule has 1 rings (SSSR count). The Hall–Kier alpha value is -0.0700. The van der Waals surface area contributed by atoms with Gasteiger partial charge in [0.15, 0.2) is 0 Å². The predicted octanol–water partition coefficient (Wildman–Crippen LogP) is 2.93. The summed E-state index contributed by atoms with van der Waals surface area (Å²) in [6.45, 7) is 2.23. The fourth-order valence-corrected chi connectivity index (χ4v) is 2.85. The van der Waals surface area contributed by atoms with Crippen LogP contribution >= 0.6 is 30.7 Å². The van der Waals surface area contributed by atoms with Gasteiger partial charge in [-0.15, -0.1) is 0 Å². The molecule has 0 fully saturated rings. The largest absolute Gasteiger partial charge is 0.492 e. The second-order valence-corrected chi connectivity index (χ2v) is 7.25. The lowest BCUT2D eigenvalue weighted by Gasteiger charge is -2.07. The van der Waals surface area contributed by atoms with Crippen LogP contribution in [0.2, 0.25) is 0 Å². The summed E-state index contributed by atoms with van der Waals surface area (Å²) < 4.78 is 28.5. The minimum absolute atomic E-state index is 0.133. The van der Waals surface area contributed by atoms with Crippen molar-refractivity contribution in [3.05, 3.63) is 22.7 Å². The predicted molar refractivity (Wildman–Crippen MR) is 61.4 cm³/mol. The SMILES string of the molecule is CCOc1ccc(Br)cc1S(=O)(=O)Br. The second kappa shape index (κ2) is 4.63. The molecule has 0 atom stereocenters. The maximum atomic E-state index is 11.3. The summed E-state index contributed by atoms with van der Waals surface area (Å²) in [6, 6.07) is 4.84. The number of ether oxygens (including phenoxy) is 1. The van der Waals surface area contributed by atoms with Gasteiger partial charge in [-0.25, -0.2) is 8.42 Å². The highest BCUT2D eigenvalue weighted by Crippen LogP contribution is 2.30. The Kier molecular flexibility index (Phi) is 3.97. The third-order valence-corrected chi connectivity index (χ3v) is 3.85. The summed E-state index contributed by atoms with van der Waals surface area (Å²) in [5.74, 6) is 0.354. The van der Waals surface area contributed by atoms with Crippen molar-refractivity contribution in [2.24, 2.45) is 0 Å². The van der Waals surface area contributed by atoms with E-state index in [1.54, 1.807) is 19.1 Å². The van der Waals surface area contributed by atoms with Crippen LogP contribution in [-0.2, 0) is 8.27 Å². The van der Waals surface area contributed by atoms with Gasteiger partial charge in [0.2, 0.25) is 8.27 Å². The van der Waals surface area contributed by atoms with Crippen LogP contribution in [0.3, 0.4) is 0 Å². The second-order valence-electron chi connectivity index (χ2n) is 2.46. The molecule has 0 saturated heterocycles. The zero-order valence-electron chi connectivity index (χ0n) is 7.33. The Morgan fingerprint density at radius 2 is 2.07 bits per heavy atom. The van der Waals surface area contributed by atoms with Crippen LogP contribution in [0.15, 0.2) is 27.6 Å². The normalized spacial score (nSPS) is 11.4. The van der Waals surface area contributed by atoms with Crippen molar-refractivity contribution in [2.45, 2.75) is 11.8 Å². The highest BCUT2D eigenvalue weighted by Gasteiger charge is 2.16. The van der Waals surface area contributed by atoms with Crippen LogP contribution in [0.4, 0.5) is 0 Å². The first-order chi connectivity index (χ1) is 6.45. The molecule has 78 valence electrons. The monoisotopic (exact) mass is 342 g/mol. The van der Waals surface area contributed by atoms with Crippen LogP contribution in [0.5, 0.6) is 5.75 Å². The van der Waals surface area contributed by atoms with Gasteiger partial charge >= 0.3 is 0 Å². The third kappa shape index (κ3) is 2.96. The Morgan fingerprint density at radius 3 is 2.57 bits per heavy atom. The van der Waals surface area contributed by atoms with E-state index in [1.807, 2.05) is 0 Å².